The van der Waals surface area contributed by atoms with Gasteiger partial charge in [-0.25, -0.2) is 0 Å². The van der Waals surface area contributed by atoms with Gasteiger partial charge in [0.2, 0.25) is 0 Å². The van der Waals surface area contributed by atoms with Crippen LogP contribution in [0.5, 0.6) is 0 Å². The summed E-state index contributed by atoms with van der Waals surface area (Å²) in [6.07, 6.45) is 8.96. The van der Waals surface area contributed by atoms with E-state index in [2.05, 4.69) is 28.5 Å². The van der Waals surface area contributed by atoms with Crippen molar-refractivity contribution < 1.29 is 13.9 Å². The summed E-state index contributed by atoms with van der Waals surface area (Å²) in [6.45, 7) is 9.16. The number of ether oxygens (including phenoxy) is 2. The number of piperidine rings is 1. The van der Waals surface area contributed by atoms with Crippen LogP contribution in [0, 0.1) is 0 Å². The lowest BCUT2D eigenvalue weighted by atomic mass is 10.1. The van der Waals surface area contributed by atoms with Crippen LogP contribution in [0.15, 0.2) is 27.8 Å². The summed E-state index contributed by atoms with van der Waals surface area (Å²) in [5, 5.41) is 6.81. The molecule has 2 fully saturated rings. The Morgan fingerprint density at radius 2 is 2.07 bits per heavy atom. The average Bonchev–Trinajstić information content (AvgIpc) is 3.29. The van der Waals surface area contributed by atoms with Gasteiger partial charge >= 0.3 is 0 Å². The molecule has 1 unspecified atom stereocenters. The quantitative estimate of drug-likeness (QED) is 0.354. The molecule has 0 aliphatic carbocycles. The van der Waals surface area contributed by atoms with Gasteiger partial charge in [0.15, 0.2) is 5.96 Å². The SMILES string of the molecule is CCNC(=NCC(c1ccco1)N1CCCCC1)NCCCOC1CCOCC1. The van der Waals surface area contributed by atoms with Crippen molar-refractivity contribution >= 4 is 5.96 Å². The van der Waals surface area contributed by atoms with Crippen molar-refractivity contribution in [2.75, 3.05) is 52.5 Å². The Balaban J connectivity index is 1.45. The zero-order valence-electron chi connectivity index (χ0n) is 17.9. The summed E-state index contributed by atoms with van der Waals surface area (Å²) in [5.74, 6) is 1.88. The molecule has 2 aliphatic rings. The summed E-state index contributed by atoms with van der Waals surface area (Å²) in [6, 6.07) is 4.25. The molecule has 7 heteroatoms. The second kappa shape index (κ2) is 12.9. The molecular formula is C22H38N4O3. The van der Waals surface area contributed by atoms with E-state index in [4.69, 9.17) is 18.9 Å². The molecule has 1 aromatic rings. The van der Waals surface area contributed by atoms with Crippen LogP contribution in [0.25, 0.3) is 0 Å². The first kappa shape index (κ1) is 22.1. The Kier molecular flexibility index (Phi) is 9.82. The van der Waals surface area contributed by atoms with Crippen molar-refractivity contribution in [2.45, 2.75) is 57.6 Å². The lowest BCUT2D eigenvalue weighted by molar-refractivity contribution is -0.0320. The third kappa shape index (κ3) is 7.64. The zero-order chi connectivity index (χ0) is 20.2. The Bertz CT molecular complexity index is 567. The van der Waals surface area contributed by atoms with Gasteiger partial charge in [0, 0.05) is 32.9 Å². The highest BCUT2D eigenvalue weighted by Gasteiger charge is 2.24. The molecule has 2 N–H and O–H groups in total. The van der Waals surface area contributed by atoms with Gasteiger partial charge in [0.1, 0.15) is 5.76 Å². The first-order chi connectivity index (χ1) is 14.4. The van der Waals surface area contributed by atoms with Gasteiger partial charge in [-0.2, -0.15) is 0 Å². The van der Waals surface area contributed by atoms with Crippen molar-refractivity contribution in [2.24, 2.45) is 4.99 Å². The second-order valence-corrected chi connectivity index (χ2v) is 7.81. The minimum Gasteiger partial charge on any atom is -0.468 e. The van der Waals surface area contributed by atoms with Crippen LogP contribution in [-0.4, -0.2) is 69.5 Å². The molecule has 0 aromatic carbocycles. The number of guanidine groups is 1. The molecule has 164 valence electrons. The van der Waals surface area contributed by atoms with E-state index in [9.17, 15) is 0 Å². The molecule has 7 nitrogen and oxygen atoms in total. The van der Waals surface area contributed by atoms with Crippen LogP contribution in [0.4, 0.5) is 0 Å². The van der Waals surface area contributed by atoms with Crippen LogP contribution in [0.2, 0.25) is 0 Å². The summed E-state index contributed by atoms with van der Waals surface area (Å²) < 4.78 is 17.1. The van der Waals surface area contributed by atoms with Gasteiger partial charge in [0.05, 0.1) is 25.0 Å². The van der Waals surface area contributed by atoms with Crippen LogP contribution >= 0.6 is 0 Å². The molecule has 3 heterocycles. The van der Waals surface area contributed by atoms with Crippen LogP contribution in [0.3, 0.4) is 0 Å². The van der Waals surface area contributed by atoms with Gasteiger partial charge in [-0.05, 0) is 64.3 Å². The van der Waals surface area contributed by atoms with E-state index in [1.54, 1.807) is 6.26 Å². The third-order valence-electron chi connectivity index (χ3n) is 5.61. The molecule has 0 bridgehead atoms. The molecule has 3 rings (SSSR count). The maximum atomic E-state index is 5.95. The van der Waals surface area contributed by atoms with Crippen molar-refractivity contribution in [3.05, 3.63) is 24.2 Å². The molecule has 1 atom stereocenters. The minimum atomic E-state index is 0.206. The Labute approximate surface area is 175 Å². The zero-order valence-corrected chi connectivity index (χ0v) is 17.9. The van der Waals surface area contributed by atoms with E-state index in [1.165, 1.54) is 19.3 Å². The number of nitrogens with zero attached hydrogens (tertiary/aromatic N) is 2. The number of likely N-dealkylation sites (tertiary alicyclic amines) is 1. The molecule has 2 saturated heterocycles. The fraction of sp³-hybridized carbons (Fsp3) is 0.773. The highest BCUT2D eigenvalue weighted by atomic mass is 16.5. The topological polar surface area (TPSA) is 71.3 Å². The smallest absolute Gasteiger partial charge is 0.191 e. The summed E-state index contributed by atoms with van der Waals surface area (Å²) in [5.41, 5.74) is 0. The van der Waals surface area contributed by atoms with Gasteiger partial charge in [-0.3, -0.25) is 9.89 Å². The van der Waals surface area contributed by atoms with Crippen molar-refractivity contribution in [1.82, 2.24) is 15.5 Å². The molecule has 0 saturated carbocycles. The maximum Gasteiger partial charge on any atom is 0.191 e. The van der Waals surface area contributed by atoms with Crippen molar-refractivity contribution in [1.29, 1.82) is 0 Å². The summed E-state index contributed by atoms with van der Waals surface area (Å²) >= 11 is 0. The highest BCUT2D eigenvalue weighted by Crippen LogP contribution is 2.25. The molecule has 0 amide bonds. The summed E-state index contributed by atoms with van der Waals surface area (Å²) in [7, 11) is 0. The van der Waals surface area contributed by atoms with Crippen LogP contribution < -0.4 is 10.6 Å². The first-order valence-electron chi connectivity index (χ1n) is 11.4. The minimum absolute atomic E-state index is 0.206. The Morgan fingerprint density at radius 1 is 1.24 bits per heavy atom. The lowest BCUT2D eigenvalue weighted by Crippen LogP contribution is -2.40. The van der Waals surface area contributed by atoms with E-state index in [1.807, 2.05) is 6.07 Å². The van der Waals surface area contributed by atoms with Crippen molar-refractivity contribution in [3.8, 4) is 0 Å². The Hall–Kier alpha value is -1.57. The number of nitrogens with one attached hydrogen (secondary N) is 2. The lowest BCUT2D eigenvalue weighted by Gasteiger charge is -2.32. The van der Waals surface area contributed by atoms with E-state index < -0.39 is 0 Å². The second-order valence-electron chi connectivity index (χ2n) is 7.81. The number of hydrogen-bond acceptors (Lipinski definition) is 5. The molecule has 29 heavy (non-hydrogen) atoms. The molecule has 1 aromatic heterocycles. The average molecular weight is 407 g/mol. The maximum absolute atomic E-state index is 5.95. The van der Waals surface area contributed by atoms with Gasteiger partial charge in [0.25, 0.3) is 0 Å². The fourth-order valence-corrected chi connectivity index (χ4v) is 3.99. The predicted octanol–water partition coefficient (Wildman–Crippen LogP) is 2.95. The predicted molar refractivity (Wildman–Crippen MR) is 115 cm³/mol. The van der Waals surface area contributed by atoms with Gasteiger partial charge in [-0.1, -0.05) is 6.42 Å². The van der Waals surface area contributed by atoms with Crippen LogP contribution in [0.1, 0.15) is 57.3 Å². The molecule has 0 radical (unpaired) electrons. The van der Waals surface area contributed by atoms with E-state index in [0.717, 1.165) is 77.0 Å². The van der Waals surface area contributed by atoms with E-state index in [-0.39, 0.29) is 6.04 Å². The number of aliphatic imine (C=N–C) groups is 1. The standard InChI is InChI=1S/C22H38N4O3/c1-2-23-22(24-11-7-15-28-19-9-16-27-17-10-19)25-18-20(21-8-6-14-29-21)26-12-4-3-5-13-26/h6,8,14,19-20H,2-5,7,9-13,15-18H2,1H3,(H2,23,24,25). The monoisotopic (exact) mass is 406 g/mol. The first-order valence-corrected chi connectivity index (χ1v) is 11.4. The van der Waals surface area contributed by atoms with E-state index >= 15 is 0 Å². The molecule has 0 spiro atoms. The van der Waals surface area contributed by atoms with E-state index in [0.29, 0.717) is 12.6 Å². The fourth-order valence-electron chi connectivity index (χ4n) is 3.99. The highest BCUT2D eigenvalue weighted by molar-refractivity contribution is 5.79. The van der Waals surface area contributed by atoms with Gasteiger partial charge in [-0.15, -0.1) is 0 Å². The number of rotatable bonds is 10. The Morgan fingerprint density at radius 3 is 2.79 bits per heavy atom. The van der Waals surface area contributed by atoms with Gasteiger partial charge < -0.3 is 24.5 Å². The summed E-state index contributed by atoms with van der Waals surface area (Å²) in [4.78, 5) is 7.38. The van der Waals surface area contributed by atoms with Crippen molar-refractivity contribution in [3.63, 3.8) is 0 Å². The number of furan rings is 1. The molecular weight excluding hydrogens is 368 g/mol. The number of hydrogen-bond donors (Lipinski definition) is 2. The normalized spacial score (nSPS) is 20.5. The molecule has 2 aliphatic heterocycles. The third-order valence-corrected chi connectivity index (χ3v) is 5.61. The van der Waals surface area contributed by atoms with Crippen LogP contribution in [-0.2, 0) is 9.47 Å². The largest absolute Gasteiger partial charge is 0.468 e.